The van der Waals surface area contributed by atoms with Gasteiger partial charge in [-0.15, -0.1) is 24.0 Å². The zero-order valence-corrected chi connectivity index (χ0v) is 20.0. The van der Waals surface area contributed by atoms with Crippen molar-refractivity contribution in [2.45, 2.75) is 39.5 Å². The maximum absolute atomic E-state index is 11.9. The number of nitrogens with zero attached hydrogens (tertiary/aromatic N) is 2. The normalized spacial score (nSPS) is 13.9. The van der Waals surface area contributed by atoms with Gasteiger partial charge in [0.2, 0.25) is 5.91 Å². The Morgan fingerprint density at radius 3 is 2.40 bits per heavy atom. The summed E-state index contributed by atoms with van der Waals surface area (Å²) in [5.41, 5.74) is 4.50. The van der Waals surface area contributed by atoms with Crippen molar-refractivity contribution in [3.05, 3.63) is 65.2 Å². The van der Waals surface area contributed by atoms with Crippen LogP contribution in [0.15, 0.2) is 53.5 Å². The first-order chi connectivity index (χ1) is 14.2. The van der Waals surface area contributed by atoms with Crippen LogP contribution in [0.2, 0.25) is 0 Å². The summed E-state index contributed by atoms with van der Waals surface area (Å²) in [6, 6.07) is 16.4. The van der Waals surface area contributed by atoms with Crippen LogP contribution in [0.25, 0.3) is 0 Å². The highest BCUT2D eigenvalue weighted by molar-refractivity contribution is 14.0. The van der Waals surface area contributed by atoms with E-state index < -0.39 is 0 Å². The van der Waals surface area contributed by atoms with E-state index in [1.807, 2.05) is 36.1 Å². The van der Waals surface area contributed by atoms with Gasteiger partial charge in [0.1, 0.15) is 0 Å². The molecule has 0 radical (unpaired) electrons. The largest absolute Gasteiger partial charge is 0.377 e. The van der Waals surface area contributed by atoms with Crippen LogP contribution in [0.5, 0.6) is 0 Å². The number of amides is 1. The van der Waals surface area contributed by atoms with Gasteiger partial charge < -0.3 is 20.3 Å². The van der Waals surface area contributed by atoms with E-state index in [1.54, 1.807) is 7.05 Å². The van der Waals surface area contributed by atoms with Crippen molar-refractivity contribution in [1.29, 1.82) is 0 Å². The van der Waals surface area contributed by atoms with Crippen molar-refractivity contribution in [3.8, 4) is 0 Å². The number of hydrogen-bond acceptors (Lipinski definition) is 3. The monoisotopic (exact) mass is 522 g/mol. The van der Waals surface area contributed by atoms with Gasteiger partial charge in [0.15, 0.2) is 5.96 Å². The quantitative estimate of drug-likeness (QED) is 0.314. The molecule has 7 heteroatoms. The van der Waals surface area contributed by atoms with E-state index in [9.17, 15) is 4.79 Å². The molecule has 1 amide bonds. The number of ether oxygens (including phenoxy) is 1. The number of aliphatic imine (C=N–C) groups is 1. The van der Waals surface area contributed by atoms with Crippen molar-refractivity contribution in [2.75, 3.05) is 25.1 Å². The first-order valence-corrected chi connectivity index (χ1v) is 10.2. The van der Waals surface area contributed by atoms with Gasteiger partial charge >= 0.3 is 0 Å². The number of carbonyl (C=O) groups is 1. The molecule has 0 unspecified atom stereocenters. The summed E-state index contributed by atoms with van der Waals surface area (Å²) < 4.78 is 5.55. The van der Waals surface area contributed by atoms with Gasteiger partial charge in [0.25, 0.3) is 0 Å². The van der Waals surface area contributed by atoms with E-state index >= 15 is 0 Å². The molecule has 0 bridgehead atoms. The lowest BCUT2D eigenvalue weighted by atomic mass is 10.1. The Balaban J connectivity index is 0.00000320. The van der Waals surface area contributed by atoms with E-state index in [4.69, 9.17) is 4.74 Å². The smallest absolute Gasteiger partial charge is 0.227 e. The summed E-state index contributed by atoms with van der Waals surface area (Å²) in [4.78, 5) is 18.0. The Morgan fingerprint density at radius 2 is 1.77 bits per heavy atom. The van der Waals surface area contributed by atoms with Crippen molar-refractivity contribution >= 4 is 41.5 Å². The Kier molecular flexibility index (Phi) is 10.1. The molecule has 1 aliphatic heterocycles. The fraction of sp³-hybridized carbons (Fsp3) is 0.391. The molecule has 2 aromatic rings. The minimum Gasteiger partial charge on any atom is -0.377 e. The Bertz CT molecular complexity index is 839. The molecule has 162 valence electrons. The predicted molar refractivity (Wildman–Crippen MR) is 132 cm³/mol. The minimum absolute atomic E-state index is 0. The zero-order chi connectivity index (χ0) is 20.5. The van der Waals surface area contributed by atoms with Crippen molar-refractivity contribution < 1.29 is 9.53 Å². The molecule has 0 aromatic heterocycles. The van der Waals surface area contributed by atoms with Crippen LogP contribution < -0.4 is 15.5 Å². The average molecular weight is 522 g/mol. The Morgan fingerprint density at radius 1 is 1.07 bits per heavy atom. The van der Waals surface area contributed by atoms with Crippen LogP contribution >= 0.6 is 24.0 Å². The number of guanidine groups is 1. The molecule has 0 aliphatic carbocycles. The maximum atomic E-state index is 11.9. The summed E-state index contributed by atoms with van der Waals surface area (Å²) in [5.74, 6) is 0.958. The van der Waals surface area contributed by atoms with Gasteiger partial charge in [-0.1, -0.05) is 36.4 Å². The lowest BCUT2D eigenvalue weighted by molar-refractivity contribution is -0.117. The minimum atomic E-state index is 0. The molecule has 0 atom stereocenters. The van der Waals surface area contributed by atoms with Gasteiger partial charge in [0, 0.05) is 45.4 Å². The molecule has 3 rings (SSSR count). The second-order valence-corrected chi connectivity index (χ2v) is 7.00. The van der Waals surface area contributed by atoms with E-state index in [2.05, 4.69) is 39.9 Å². The summed E-state index contributed by atoms with van der Waals surface area (Å²) >= 11 is 0. The first kappa shape index (κ1) is 24.1. The Hall–Kier alpha value is -2.13. The molecule has 1 saturated heterocycles. The molecule has 2 aromatic carbocycles. The number of benzene rings is 2. The fourth-order valence-electron chi connectivity index (χ4n) is 3.38. The molecule has 1 heterocycles. The van der Waals surface area contributed by atoms with Gasteiger partial charge in [-0.3, -0.25) is 9.79 Å². The second-order valence-electron chi connectivity index (χ2n) is 7.00. The van der Waals surface area contributed by atoms with E-state index in [0.717, 1.165) is 30.2 Å². The fourth-order valence-corrected chi connectivity index (χ4v) is 3.38. The van der Waals surface area contributed by atoms with Crippen molar-refractivity contribution in [1.82, 2.24) is 10.6 Å². The highest BCUT2D eigenvalue weighted by Crippen LogP contribution is 2.21. The van der Waals surface area contributed by atoms with Crippen LogP contribution in [0.3, 0.4) is 0 Å². The molecule has 0 spiro atoms. The second kappa shape index (κ2) is 12.5. The lowest BCUT2D eigenvalue weighted by Crippen LogP contribution is -2.36. The number of hydrogen-bond donors (Lipinski definition) is 2. The summed E-state index contributed by atoms with van der Waals surface area (Å²) in [6.45, 7) is 5.48. The highest BCUT2D eigenvalue weighted by atomic mass is 127. The molecule has 30 heavy (non-hydrogen) atoms. The van der Waals surface area contributed by atoms with Crippen LogP contribution in [0.4, 0.5) is 5.69 Å². The van der Waals surface area contributed by atoms with E-state index in [-0.39, 0.29) is 29.9 Å². The summed E-state index contributed by atoms with van der Waals surface area (Å²) in [6.07, 6.45) is 1.59. The zero-order valence-electron chi connectivity index (χ0n) is 17.7. The molecular weight excluding hydrogens is 491 g/mol. The number of carbonyl (C=O) groups excluding carboxylic acids is 1. The van der Waals surface area contributed by atoms with Gasteiger partial charge in [-0.2, -0.15) is 0 Å². The maximum Gasteiger partial charge on any atom is 0.227 e. The Labute approximate surface area is 196 Å². The molecule has 1 fully saturated rings. The molecule has 1 aliphatic rings. The standard InChI is InChI=1S/C23H30N4O2.HI/c1-3-29-17-20-8-5-4-7-19(20)16-26-23(24-2)25-15-18-10-12-21(13-11-18)27-14-6-9-22(27)28;/h4-5,7-8,10-13H,3,6,9,14-17H2,1-2H3,(H2,24,25,26);1H. The third-order valence-electron chi connectivity index (χ3n) is 5.03. The van der Waals surface area contributed by atoms with Crippen LogP contribution in [0, 0.1) is 0 Å². The number of anilines is 1. The average Bonchev–Trinajstić information content (AvgIpc) is 3.19. The van der Waals surface area contributed by atoms with Crippen molar-refractivity contribution in [2.24, 2.45) is 4.99 Å². The topological polar surface area (TPSA) is 66.0 Å². The summed E-state index contributed by atoms with van der Waals surface area (Å²) in [5, 5.41) is 6.71. The van der Waals surface area contributed by atoms with E-state index in [1.165, 1.54) is 11.1 Å². The number of nitrogens with one attached hydrogen (secondary N) is 2. The van der Waals surface area contributed by atoms with Crippen LogP contribution in [0.1, 0.15) is 36.5 Å². The molecular formula is C23H31IN4O2. The van der Waals surface area contributed by atoms with Crippen LogP contribution in [-0.2, 0) is 29.2 Å². The SMILES string of the molecule is CCOCc1ccccc1CNC(=NC)NCc1ccc(N2CCCC2=O)cc1.I. The number of rotatable bonds is 8. The van der Waals surface area contributed by atoms with Crippen molar-refractivity contribution in [3.63, 3.8) is 0 Å². The molecule has 0 saturated carbocycles. The molecule has 6 nitrogen and oxygen atoms in total. The van der Waals surface area contributed by atoms with Crippen LogP contribution in [-0.4, -0.2) is 32.1 Å². The third kappa shape index (κ3) is 6.70. The van der Waals surface area contributed by atoms with Gasteiger partial charge in [0.05, 0.1) is 6.61 Å². The van der Waals surface area contributed by atoms with Gasteiger partial charge in [-0.05, 0) is 42.2 Å². The summed E-state index contributed by atoms with van der Waals surface area (Å²) in [7, 11) is 1.77. The van der Waals surface area contributed by atoms with Gasteiger partial charge in [-0.25, -0.2) is 0 Å². The highest BCUT2D eigenvalue weighted by Gasteiger charge is 2.21. The first-order valence-electron chi connectivity index (χ1n) is 10.2. The number of halogens is 1. The third-order valence-corrected chi connectivity index (χ3v) is 5.03. The van der Waals surface area contributed by atoms with E-state index in [0.29, 0.717) is 32.7 Å². The molecule has 2 N–H and O–H groups in total. The predicted octanol–water partition coefficient (Wildman–Crippen LogP) is 3.83. The lowest BCUT2D eigenvalue weighted by Gasteiger charge is -2.17.